The van der Waals surface area contributed by atoms with Gasteiger partial charge in [0.15, 0.2) is 17.2 Å². The number of fused-ring (bicyclic) bond motifs is 1. The third-order valence-corrected chi connectivity index (χ3v) is 4.74. The van der Waals surface area contributed by atoms with Crippen LogP contribution in [0.4, 0.5) is 0 Å². The fourth-order valence-electron chi connectivity index (χ4n) is 2.55. The molecule has 96 valence electrons. The van der Waals surface area contributed by atoms with Crippen molar-refractivity contribution in [2.24, 2.45) is 0 Å². The molecule has 0 amide bonds. The molecular formula is C14H13N3OS. The summed E-state index contributed by atoms with van der Waals surface area (Å²) in [5, 5.41) is 0.417. The van der Waals surface area contributed by atoms with Gasteiger partial charge in [-0.05, 0) is 42.9 Å². The Balaban J connectivity index is 1.98. The van der Waals surface area contributed by atoms with Crippen LogP contribution in [0.25, 0.3) is 22.7 Å². The Bertz CT molecular complexity index is 699. The number of hydrogen-bond donors (Lipinski definition) is 0. The van der Waals surface area contributed by atoms with Crippen LogP contribution in [-0.2, 0) is 0 Å². The Kier molecular flexibility index (Phi) is 2.58. The zero-order valence-corrected chi connectivity index (χ0v) is 11.1. The number of furan rings is 1. The average molecular weight is 271 g/mol. The standard InChI is InChI=1S/C14H13N3OS/c1-4-10-13(15-7-1)17(12-6-3-9-19-12)14(16-10)11-5-2-8-18-11/h1-2,4-5,7-8,12H,3,6,9H2. The van der Waals surface area contributed by atoms with Gasteiger partial charge in [-0.1, -0.05) is 0 Å². The molecule has 0 N–H and O–H groups in total. The maximum Gasteiger partial charge on any atom is 0.179 e. The molecule has 0 aromatic carbocycles. The van der Waals surface area contributed by atoms with Crippen LogP contribution < -0.4 is 0 Å². The van der Waals surface area contributed by atoms with Gasteiger partial charge in [-0.25, -0.2) is 9.97 Å². The summed E-state index contributed by atoms with van der Waals surface area (Å²) in [4.78, 5) is 9.19. The highest BCUT2D eigenvalue weighted by Gasteiger charge is 2.25. The van der Waals surface area contributed by atoms with Gasteiger partial charge >= 0.3 is 0 Å². The van der Waals surface area contributed by atoms with E-state index in [2.05, 4.69) is 9.55 Å². The van der Waals surface area contributed by atoms with Gasteiger partial charge in [-0.15, -0.1) is 11.8 Å². The number of nitrogens with zero attached hydrogens (tertiary/aromatic N) is 3. The number of rotatable bonds is 2. The minimum absolute atomic E-state index is 0.417. The van der Waals surface area contributed by atoms with Crippen molar-refractivity contribution in [1.29, 1.82) is 0 Å². The third kappa shape index (κ3) is 1.76. The van der Waals surface area contributed by atoms with Gasteiger partial charge in [0.1, 0.15) is 5.52 Å². The molecular weight excluding hydrogens is 258 g/mol. The summed E-state index contributed by atoms with van der Waals surface area (Å²) in [5.74, 6) is 2.90. The quantitative estimate of drug-likeness (QED) is 0.712. The molecule has 1 aliphatic rings. The highest BCUT2D eigenvalue weighted by atomic mass is 32.2. The smallest absolute Gasteiger partial charge is 0.179 e. The van der Waals surface area contributed by atoms with Crippen LogP contribution in [0.1, 0.15) is 18.2 Å². The summed E-state index contributed by atoms with van der Waals surface area (Å²) >= 11 is 1.97. The lowest BCUT2D eigenvalue weighted by molar-refractivity contribution is 0.565. The van der Waals surface area contributed by atoms with Gasteiger partial charge in [0.2, 0.25) is 0 Å². The van der Waals surface area contributed by atoms with Gasteiger partial charge < -0.3 is 4.42 Å². The van der Waals surface area contributed by atoms with E-state index in [9.17, 15) is 0 Å². The zero-order chi connectivity index (χ0) is 12.7. The first kappa shape index (κ1) is 11.1. The van der Waals surface area contributed by atoms with Crippen molar-refractivity contribution in [3.63, 3.8) is 0 Å². The first-order valence-corrected chi connectivity index (χ1v) is 7.47. The Morgan fingerprint density at radius 1 is 1.32 bits per heavy atom. The van der Waals surface area contributed by atoms with Crippen LogP contribution in [0.15, 0.2) is 41.1 Å². The van der Waals surface area contributed by atoms with Gasteiger partial charge in [0.25, 0.3) is 0 Å². The predicted molar refractivity (Wildman–Crippen MR) is 76.0 cm³/mol. The van der Waals surface area contributed by atoms with E-state index in [1.165, 1.54) is 18.6 Å². The molecule has 1 aliphatic heterocycles. The third-order valence-electron chi connectivity index (χ3n) is 3.38. The van der Waals surface area contributed by atoms with Crippen molar-refractivity contribution in [2.45, 2.75) is 18.2 Å². The van der Waals surface area contributed by atoms with Gasteiger partial charge in [-0.2, -0.15) is 0 Å². The molecule has 3 aromatic rings. The molecule has 1 fully saturated rings. The Labute approximate surface area is 114 Å². The summed E-state index contributed by atoms with van der Waals surface area (Å²) in [6, 6.07) is 7.78. The van der Waals surface area contributed by atoms with E-state index in [0.29, 0.717) is 5.37 Å². The Hall–Kier alpha value is -1.75. The summed E-state index contributed by atoms with van der Waals surface area (Å²) in [6.07, 6.45) is 5.93. The SMILES string of the molecule is c1coc(-c2nc3cccnc3n2C2CCCS2)c1. The molecule has 4 heterocycles. The molecule has 0 aliphatic carbocycles. The molecule has 19 heavy (non-hydrogen) atoms. The van der Waals surface area contributed by atoms with Crippen molar-refractivity contribution in [3.8, 4) is 11.6 Å². The van der Waals surface area contributed by atoms with Crippen LogP contribution in [0.2, 0.25) is 0 Å². The summed E-state index contributed by atoms with van der Waals surface area (Å²) in [6.45, 7) is 0. The number of pyridine rings is 1. The minimum atomic E-state index is 0.417. The van der Waals surface area contributed by atoms with Crippen LogP contribution in [0.5, 0.6) is 0 Å². The number of thioether (sulfide) groups is 1. The second kappa shape index (κ2) is 4.42. The van der Waals surface area contributed by atoms with Crippen LogP contribution >= 0.6 is 11.8 Å². The summed E-state index contributed by atoms with van der Waals surface area (Å²) < 4.78 is 7.76. The van der Waals surface area contributed by atoms with E-state index in [-0.39, 0.29) is 0 Å². The van der Waals surface area contributed by atoms with Gasteiger partial charge in [-0.3, -0.25) is 4.57 Å². The number of hydrogen-bond acceptors (Lipinski definition) is 4. The predicted octanol–water partition coefficient (Wildman–Crippen LogP) is 3.72. The van der Waals surface area contributed by atoms with Crippen molar-refractivity contribution in [3.05, 3.63) is 36.7 Å². The highest BCUT2D eigenvalue weighted by molar-refractivity contribution is 7.99. The second-order valence-electron chi connectivity index (χ2n) is 4.60. The normalized spacial score (nSPS) is 19.3. The van der Waals surface area contributed by atoms with E-state index in [4.69, 9.17) is 9.40 Å². The molecule has 1 saturated heterocycles. The molecule has 4 nitrogen and oxygen atoms in total. The van der Waals surface area contributed by atoms with Gasteiger partial charge in [0, 0.05) is 6.20 Å². The maximum atomic E-state index is 5.53. The summed E-state index contributed by atoms with van der Waals surface area (Å²) in [5.41, 5.74) is 1.88. The molecule has 4 rings (SSSR count). The topological polar surface area (TPSA) is 43.9 Å². The zero-order valence-electron chi connectivity index (χ0n) is 10.3. The maximum absolute atomic E-state index is 5.53. The first-order chi connectivity index (χ1) is 9.43. The lowest BCUT2D eigenvalue weighted by Crippen LogP contribution is -2.04. The van der Waals surface area contributed by atoms with Crippen LogP contribution in [0.3, 0.4) is 0 Å². The average Bonchev–Trinajstić information content (AvgIpc) is 3.17. The number of imidazole rings is 1. The lowest BCUT2D eigenvalue weighted by Gasteiger charge is -2.13. The minimum Gasteiger partial charge on any atom is -0.461 e. The molecule has 0 radical (unpaired) electrons. The van der Waals surface area contributed by atoms with Crippen molar-refractivity contribution < 1.29 is 4.42 Å². The second-order valence-corrected chi connectivity index (χ2v) is 5.88. The van der Waals surface area contributed by atoms with Crippen molar-refractivity contribution >= 4 is 22.9 Å². The molecule has 0 spiro atoms. The summed E-state index contributed by atoms with van der Waals surface area (Å²) in [7, 11) is 0. The molecule has 5 heteroatoms. The van der Waals surface area contributed by atoms with E-state index >= 15 is 0 Å². The fourth-order valence-corrected chi connectivity index (χ4v) is 3.83. The van der Waals surface area contributed by atoms with E-state index in [1.807, 2.05) is 42.2 Å². The molecule has 1 unspecified atom stereocenters. The first-order valence-electron chi connectivity index (χ1n) is 6.42. The molecule has 0 bridgehead atoms. The molecule has 1 atom stereocenters. The van der Waals surface area contributed by atoms with Crippen molar-refractivity contribution in [2.75, 3.05) is 5.75 Å². The van der Waals surface area contributed by atoms with Crippen LogP contribution in [0, 0.1) is 0 Å². The van der Waals surface area contributed by atoms with Gasteiger partial charge in [0.05, 0.1) is 11.6 Å². The van der Waals surface area contributed by atoms with E-state index < -0.39 is 0 Å². The molecule has 0 saturated carbocycles. The Morgan fingerprint density at radius 3 is 3.11 bits per heavy atom. The Morgan fingerprint density at radius 2 is 2.32 bits per heavy atom. The van der Waals surface area contributed by atoms with E-state index in [0.717, 1.165) is 22.7 Å². The lowest BCUT2D eigenvalue weighted by atomic mass is 10.3. The number of aromatic nitrogens is 3. The largest absolute Gasteiger partial charge is 0.461 e. The fraction of sp³-hybridized carbons (Fsp3) is 0.286. The van der Waals surface area contributed by atoms with Crippen LogP contribution in [-0.4, -0.2) is 20.3 Å². The monoisotopic (exact) mass is 271 g/mol. The van der Waals surface area contributed by atoms with Crippen molar-refractivity contribution in [1.82, 2.24) is 14.5 Å². The highest BCUT2D eigenvalue weighted by Crippen LogP contribution is 2.40. The molecule has 3 aromatic heterocycles. The van der Waals surface area contributed by atoms with E-state index in [1.54, 1.807) is 6.26 Å².